The topological polar surface area (TPSA) is 51.2 Å². The SMILES string of the molecule is Cc1nc(C)c(CNC(=O)COc2ccc(C(C)C)cc2)s1. The van der Waals surface area contributed by atoms with Gasteiger partial charge in [-0.05, 0) is 37.5 Å². The Kier molecular flexibility index (Phi) is 5.55. The highest BCUT2D eigenvalue weighted by Crippen LogP contribution is 2.19. The standard InChI is InChI=1S/C17H22N2O2S/c1-11(2)14-5-7-15(8-6-14)21-10-17(20)18-9-16-12(3)19-13(4)22-16/h5-8,11H,9-10H2,1-4H3,(H,18,20). The summed E-state index contributed by atoms with van der Waals surface area (Å²) in [5.41, 5.74) is 2.24. The molecule has 2 aromatic rings. The zero-order chi connectivity index (χ0) is 16.1. The molecule has 5 heteroatoms. The van der Waals surface area contributed by atoms with Crippen LogP contribution < -0.4 is 10.1 Å². The van der Waals surface area contributed by atoms with E-state index in [1.807, 2.05) is 38.1 Å². The minimum absolute atomic E-state index is 0.0257. The Morgan fingerprint density at radius 1 is 1.27 bits per heavy atom. The predicted molar refractivity (Wildman–Crippen MR) is 89.5 cm³/mol. The average molecular weight is 318 g/mol. The van der Waals surface area contributed by atoms with Crippen molar-refractivity contribution in [2.45, 2.75) is 40.2 Å². The molecule has 4 nitrogen and oxygen atoms in total. The Morgan fingerprint density at radius 2 is 1.95 bits per heavy atom. The van der Waals surface area contributed by atoms with Crippen LogP contribution in [0.2, 0.25) is 0 Å². The van der Waals surface area contributed by atoms with Crippen LogP contribution >= 0.6 is 11.3 Å². The lowest BCUT2D eigenvalue weighted by molar-refractivity contribution is -0.123. The van der Waals surface area contributed by atoms with Crippen LogP contribution in [0, 0.1) is 13.8 Å². The van der Waals surface area contributed by atoms with Crippen LogP contribution in [-0.4, -0.2) is 17.5 Å². The van der Waals surface area contributed by atoms with Crippen molar-refractivity contribution in [2.75, 3.05) is 6.61 Å². The zero-order valence-electron chi connectivity index (χ0n) is 13.5. The van der Waals surface area contributed by atoms with E-state index in [1.165, 1.54) is 5.56 Å². The lowest BCUT2D eigenvalue weighted by Gasteiger charge is -2.09. The first-order valence-electron chi connectivity index (χ1n) is 7.38. The molecule has 1 N–H and O–H groups in total. The Morgan fingerprint density at radius 3 is 2.50 bits per heavy atom. The molecule has 0 radical (unpaired) electrons. The summed E-state index contributed by atoms with van der Waals surface area (Å²) in [7, 11) is 0. The molecule has 0 spiro atoms. The second kappa shape index (κ2) is 7.40. The van der Waals surface area contributed by atoms with Crippen molar-refractivity contribution >= 4 is 17.2 Å². The summed E-state index contributed by atoms with van der Waals surface area (Å²) in [5, 5.41) is 3.88. The summed E-state index contributed by atoms with van der Waals surface area (Å²) in [6.45, 7) is 8.74. The van der Waals surface area contributed by atoms with E-state index in [0.717, 1.165) is 15.6 Å². The fourth-order valence-corrected chi connectivity index (χ4v) is 2.94. The second-order valence-electron chi connectivity index (χ2n) is 5.53. The van der Waals surface area contributed by atoms with Gasteiger partial charge in [0.2, 0.25) is 0 Å². The number of carbonyl (C=O) groups is 1. The van der Waals surface area contributed by atoms with Gasteiger partial charge in [0.1, 0.15) is 5.75 Å². The van der Waals surface area contributed by atoms with Crippen molar-refractivity contribution in [1.29, 1.82) is 0 Å². The van der Waals surface area contributed by atoms with Crippen molar-refractivity contribution in [2.24, 2.45) is 0 Å². The molecule has 1 aromatic carbocycles. The van der Waals surface area contributed by atoms with Crippen LogP contribution in [-0.2, 0) is 11.3 Å². The van der Waals surface area contributed by atoms with E-state index in [-0.39, 0.29) is 12.5 Å². The lowest BCUT2D eigenvalue weighted by Crippen LogP contribution is -2.28. The maximum absolute atomic E-state index is 11.8. The minimum Gasteiger partial charge on any atom is -0.484 e. The summed E-state index contributed by atoms with van der Waals surface area (Å²) in [6, 6.07) is 7.86. The van der Waals surface area contributed by atoms with E-state index in [4.69, 9.17) is 4.74 Å². The number of aryl methyl sites for hydroxylation is 2. The molecule has 0 saturated heterocycles. The molecule has 0 fully saturated rings. The first-order valence-corrected chi connectivity index (χ1v) is 8.19. The molecule has 0 aliphatic carbocycles. The number of hydrogen-bond donors (Lipinski definition) is 1. The van der Waals surface area contributed by atoms with Crippen molar-refractivity contribution in [1.82, 2.24) is 10.3 Å². The molecule has 1 heterocycles. The molecule has 0 aliphatic rings. The predicted octanol–water partition coefficient (Wildman–Crippen LogP) is 3.58. The van der Waals surface area contributed by atoms with Gasteiger partial charge in [0.05, 0.1) is 17.2 Å². The highest BCUT2D eigenvalue weighted by atomic mass is 32.1. The number of carbonyl (C=O) groups excluding carboxylic acids is 1. The first-order chi connectivity index (χ1) is 10.5. The number of thiazole rings is 1. The van der Waals surface area contributed by atoms with Crippen LogP contribution in [0.5, 0.6) is 5.75 Å². The van der Waals surface area contributed by atoms with Gasteiger partial charge in [-0.2, -0.15) is 0 Å². The Bertz CT molecular complexity index is 633. The van der Waals surface area contributed by atoms with E-state index < -0.39 is 0 Å². The molecular weight excluding hydrogens is 296 g/mol. The smallest absolute Gasteiger partial charge is 0.258 e. The average Bonchev–Trinajstić information content (AvgIpc) is 2.81. The number of nitrogens with zero attached hydrogens (tertiary/aromatic N) is 1. The van der Waals surface area contributed by atoms with Crippen LogP contribution in [0.3, 0.4) is 0 Å². The van der Waals surface area contributed by atoms with Crippen molar-refractivity contribution in [3.8, 4) is 5.75 Å². The van der Waals surface area contributed by atoms with Crippen LogP contribution in [0.1, 0.15) is 40.9 Å². The minimum atomic E-state index is -0.126. The fourth-order valence-electron chi connectivity index (χ4n) is 2.07. The van der Waals surface area contributed by atoms with Crippen molar-refractivity contribution in [3.63, 3.8) is 0 Å². The van der Waals surface area contributed by atoms with Crippen molar-refractivity contribution in [3.05, 3.63) is 45.4 Å². The normalized spacial score (nSPS) is 10.8. The molecule has 22 heavy (non-hydrogen) atoms. The van der Waals surface area contributed by atoms with Gasteiger partial charge >= 0.3 is 0 Å². The van der Waals surface area contributed by atoms with E-state index in [2.05, 4.69) is 24.1 Å². The summed E-state index contributed by atoms with van der Waals surface area (Å²) >= 11 is 1.61. The number of hydrogen-bond acceptors (Lipinski definition) is 4. The molecule has 0 unspecified atom stereocenters. The fraction of sp³-hybridized carbons (Fsp3) is 0.412. The van der Waals surface area contributed by atoms with Crippen molar-refractivity contribution < 1.29 is 9.53 Å². The molecule has 1 aromatic heterocycles. The summed E-state index contributed by atoms with van der Waals surface area (Å²) in [4.78, 5) is 17.3. The summed E-state index contributed by atoms with van der Waals surface area (Å²) in [5.74, 6) is 1.08. The number of amides is 1. The second-order valence-corrected chi connectivity index (χ2v) is 6.82. The van der Waals surface area contributed by atoms with E-state index in [1.54, 1.807) is 11.3 Å². The van der Waals surface area contributed by atoms with Gasteiger partial charge in [0.15, 0.2) is 6.61 Å². The maximum atomic E-state index is 11.8. The zero-order valence-corrected chi connectivity index (χ0v) is 14.3. The Balaban J connectivity index is 1.79. The Labute approximate surface area is 135 Å². The molecule has 0 aliphatic heterocycles. The van der Waals surface area contributed by atoms with Crippen LogP contribution in [0.15, 0.2) is 24.3 Å². The van der Waals surface area contributed by atoms with Gasteiger partial charge in [-0.25, -0.2) is 4.98 Å². The number of aromatic nitrogens is 1. The van der Waals surface area contributed by atoms with E-state index >= 15 is 0 Å². The first kappa shape index (κ1) is 16.5. The third kappa shape index (κ3) is 4.56. The summed E-state index contributed by atoms with van der Waals surface area (Å²) in [6.07, 6.45) is 0. The van der Waals surface area contributed by atoms with Gasteiger partial charge in [-0.3, -0.25) is 4.79 Å². The largest absolute Gasteiger partial charge is 0.484 e. The highest BCUT2D eigenvalue weighted by Gasteiger charge is 2.08. The highest BCUT2D eigenvalue weighted by molar-refractivity contribution is 7.11. The van der Waals surface area contributed by atoms with Gasteiger partial charge in [0, 0.05) is 4.88 Å². The molecule has 0 bridgehead atoms. The molecule has 2 rings (SSSR count). The van der Waals surface area contributed by atoms with Crippen LogP contribution in [0.25, 0.3) is 0 Å². The molecule has 0 saturated carbocycles. The quantitative estimate of drug-likeness (QED) is 0.885. The lowest BCUT2D eigenvalue weighted by atomic mass is 10.0. The summed E-state index contributed by atoms with van der Waals surface area (Å²) < 4.78 is 5.50. The van der Waals surface area contributed by atoms with Gasteiger partial charge in [-0.1, -0.05) is 26.0 Å². The van der Waals surface area contributed by atoms with E-state index in [9.17, 15) is 4.79 Å². The third-order valence-corrected chi connectivity index (χ3v) is 4.44. The Hall–Kier alpha value is -1.88. The number of benzene rings is 1. The van der Waals surface area contributed by atoms with Crippen LogP contribution in [0.4, 0.5) is 0 Å². The number of ether oxygens (including phenoxy) is 1. The molecule has 118 valence electrons. The van der Waals surface area contributed by atoms with Gasteiger partial charge in [-0.15, -0.1) is 11.3 Å². The van der Waals surface area contributed by atoms with E-state index in [0.29, 0.717) is 18.2 Å². The molecule has 0 atom stereocenters. The molecular formula is C17H22N2O2S. The van der Waals surface area contributed by atoms with Gasteiger partial charge in [0.25, 0.3) is 5.91 Å². The number of rotatable bonds is 6. The number of nitrogens with one attached hydrogen (secondary N) is 1. The monoisotopic (exact) mass is 318 g/mol. The van der Waals surface area contributed by atoms with Gasteiger partial charge < -0.3 is 10.1 Å². The third-order valence-electron chi connectivity index (χ3n) is 3.36. The maximum Gasteiger partial charge on any atom is 0.258 e. The molecule has 1 amide bonds.